The molecule has 0 unspecified atom stereocenters. The molecule has 3 heterocycles. The molecule has 1 saturated carbocycles. The van der Waals surface area contributed by atoms with Crippen LogP contribution in [-0.4, -0.2) is 26.5 Å². The normalized spacial score (nSPS) is 14.3. The first-order valence-electron chi connectivity index (χ1n) is 7.74. The number of rotatable bonds is 7. The summed E-state index contributed by atoms with van der Waals surface area (Å²) in [5.74, 6) is 1.64. The Hall–Kier alpha value is -1.70. The van der Waals surface area contributed by atoms with Gasteiger partial charge in [0.15, 0.2) is 0 Å². The Bertz CT molecular complexity index is 774. The maximum absolute atomic E-state index is 9.25. The summed E-state index contributed by atoms with van der Waals surface area (Å²) < 4.78 is 1.83. The van der Waals surface area contributed by atoms with Crippen LogP contribution in [0.15, 0.2) is 29.8 Å². The first kappa shape index (κ1) is 14.9. The van der Waals surface area contributed by atoms with Crippen molar-refractivity contribution in [1.82, 2.24) is 14.8 Å². The zero-order chi connectivity index (χ0) is 15.6. The van der Waals surface area contributed by atoms with Gasteiger partial charge in [-0.2, -0.15) is 5.10 Å². The lowest BCUT2D eigenvalue weighted by Crippen LogP contribution is -2.09. The van der Waals surface area contributed by atoms with E-state index in [-0.39, 0.29) is 6.61 Å². The third-order valence-electron chi connectivity index (χ3n) is 3.81. The Morgan fingerprint density at radius 1 is 1.39 bits per heavy atom. The fourth-order valence-electron chi connectivity index (χ4n) is 2.47. The van der Waals surface area contributed by atoms with Crippen molar-refractivity contribution < 1.29 is 5.11 Å². The Balaban J connectivity index is 1.49. The number of hydrogen-bond donors (Lipinski definition) is 2. The van der Waals surface area contributed by atoms with E-state index in [1.54, 1.807) is 22.7 Å². The van der Waals surface area contributed by atoms with E-state index < -0.39 is 0 Å². The zero-order valence-corrected chi connectivity index (χ0v) is 14.2. The predicted octanol–water partition coefficient (Wildman–Crippen LogP) is 3.55. The second-order valence-corrected chi connectivity index (χ2v) is 7.73. The number of thiophene rings is 1. The summed E-state index contributed by atoms with van der Waals surface area (Å²) in [6, 6.07) is 6.13. The van der Waals surface area contributed by atoms with E-state index in [0.717, 1.165) is 22.9 Å². The number of hydrogen-bond acceptors (Lipinski definition) is 6. The van der Waals surface area contributed by atoms with Gasteiger partial charge in [0.25, 0.3) is 0 Å². The summed E-state index contributed by atoms with van der Waals surface area (Å²) in [7, 11) is 0. The molecule has 2 N–H and O–H groups in total. The van der Waals surface area contributed by atoms with Crippen molar-refractivity contribution in [1.29, 1.82) is 0 Å². The van der Waals surface area contributed by atoms with Gasteiger partial charge in [-0.25, -0.2) is 9.67 Å². The summed E-state index contributed by atoms with van der Waals surface area (Å²) in [5.41, 5.74) is 0.943. The van der Waals surface area contributed by atoms with E-state index in [4.69, 9.17) is 0 Å². The average Bonchev–Trinajstić information content (AvgIpc) is 2.98. The summed E-state index contributed by atoms with van der Waals surface area (Å²) in [6.45, 7) is 1.31. The summed E-state index contributed by atoms with van der Waals surface area (Å²) >= 11 is 3.47. The molecule has 0 bridgehead atoms. The van der Waals surface area contributed by atoms with Gasteiger partial charge in [0.05, 0.1) is 29.6 Å². The Morgan fingerprint density at radius 2 is 2.30 bits per heavy atom. The highest BCUT2D eigenvalue weighted by Gasteiger charge is 2.26. The van der Waals surface area contributed by atoms with Crippen molar-refractivity contribution in [2.75, 3.05) is 11.9 Å². The molecule has 0 amide bonds. The van der Waals surface area contributed by atoms with Crippen LogP contribution in [-0.2, 0) is 13.1 Å². The SMILES string of the molecule is OCCn1nc(-c2cccs2)cc1NCc1cnc(C2CC2)s1. The second kappa shape index (κ2) is 6.43. The van der Waals surface area contributed by atoms with Crippen molar-refractivity contribution >= 4 is 28.5 Å². The molecule has 3 aromatic rings. The lowest BCUT2D eigenvalue weighted by atomic mass is 10.3. The van der Waals surface area contributed by atoms with E-state index in [1.807, 2.05) is 28.4 Å². The molecule has 0 spiro atoms. The predicted molar refractivity (Wildman–Crippen MR) is 94.0 cm³/mol. The molecular formula is C16H18N4OS2. The minimum Gasteiger partial charge on any atom is -0.394 e. The van der Waals surface area contributed by atoms with E-state index in [1.165, 1.54) is 22.7 Å². The zero-order valence-electron chi connectivity index (χ0n) is 12.6. The van der Waals surface area contributed by atoms with Gasteiger partial charge in [-0.15, -0.1) is 22.7 Å². The topological polar surface area (TPSA) is 63.0 Å². The number of aliphatic hydroxyl groups excluding tert-OH is 1. The van der Waals surface area contributed by atoms with Crippen LogP contribution in [0.1, 0.15) is 28.6 Å². The molecule has 0 aliphatic heterocycles. The van der Waals surface area contributed by atoms with Crippen LogP contribution in [0.25, 0.3) is 10.6 Å². The van der Waals surface area contributed by atoms with Crippen LogP contribution in [0.2, 0.25) is 0 Å². The fraction of sp³-hybridized carbons (Fsp3) is 0.375. The molecule has 0 aromatic carbocycles. The molecule has 1 aliphatic carbocycles. The monoisotopic (exact) mass is 346 g/mol. The molecule has 4 rings (SSSR count). The van der Waals surface area contributed by atoms with Crippen LogP contribution in [0, 0.1) is 0 Å². The maximum Gasteiger partial charge on any atom is 0.125 e. The van der Waals surface area contributed by atoms with E-state index >= 15 is 0 Å². The third kappa shape index (κ3) is 3.31. The highest BCUT2D eigenvalue weighted by Crippen LogP contribution is 2.41. The van der Waals surface area contributed by atoms with Crippen LogP contribution >= 0.6 is 22.7 Å². The molecule has 3 aromatic heterocycles. The summed E-state index contributed by atoms with van der Waals surface area (Å²) in [5, 5.41) is 20.6. The molecule has 23 heavy (non-hydrogen) atoms. The molecular weight excluding hydrogens is 328 g/mol. The van der Waals surface area contributed by atoms with Crippen LogP contribution in [0.5, 0.6) is 0 Å². The van der Waals surface area contributed by atoms with Crippen LogP contribution in [0.3, 0.4) is 0 Å². The first-order valence-corrected chi connectivity index (χ1v) is 9.44. The van der Waals surface area contributed by atoms with Crippen molar-refractivity contribution in [2.45, 2.75) is 31.8 Å². The number of thiazole rings is 1. The first-order chi connectivity index (χ1) is 11.3. The molecule has 0 saturated heterocycles. The Kier molecular flexibility index (Phi) is 4.15. The van der Waals surface area contributed by atoms with Gasteiger partial charge in [-0.1, -0.05) is 6.07 Å². The number of nitrogens with one attached hydrogen (secondary N) is 1. The molecule has 1 aliphatic rings. The Labute approximate surface area is 142 Å². The van der Waals surface area contributed by atoms with Gasteiger partial charge >= 0.3 is 0 Å². The smallest absolute Gasteiger partial charge is 0.125 e. The molecule has 7 heteroatoms. The second-order valence-electron chi connectivity index (χ2n) is 5.63. The molecule has 0 radical (unpaired) electrons. The minimum atomic E-state index is 0.0760. The number of aromatic nitrogens is 3. The van der Waals surface area contributed by atoms with E-state index in [0.29, 0.717) is 12.5 Å². The quantitative estimate of drug-likeness (QED) is 0.687. The highest BCUT2D eigenvalue weighted by atomic mass is 32.1. The molecule has 1 fully saturated rings. The largest absolute Gasteiger partial charge is 0.394 e. The molecule has 5 nitrogen and oxygen atoms in total. The van der Waals surface area contributed by atoms with Gasteiger partial charge < -0.3 is 10.4 Å². The number of aliphatic hydroxyl groups is 1. The standard InChI is InChI=1S/C16H18N4OS2/c21-6-5-20-15(8-13(19-20)14-2-1-7-22-14)17-9-12-10-18-16(23-12)11-3-4-11/h1-2,7-8,10-11,17,21H,3-6,9H2. The fourth-order valence-corrected chi connectivity index (χ4v) is 4.18. The summed E-state index contributed by atoms with van der Waals surface area (Å²) in [6.07, 6.45) is 4.54. The van der Waals surface area contributed by atoms with E-state index in [2.05, 4.69) is 21.5 Å². The Morgan fingerprint density at radius 3 is 3.04 bits per heavy atom. The van der Waals surface area contributed by atoms with Crippen LogP contribution in [0.4, 0.5) is 5.82 Å². The van der Waals surface area contributed by atoms with Crippen molar-refractivity contribution in [3.05, 3.63) is 39.7 Å². The van der Waals surface area contributed by atoms with Gasteiger partial charge in [0.2, 0.25) is 0 Å². The lowest BCUT2D eigenvalue weighted by Gasteiger charge is -2.07. The molecule has 120 valence electrons. The van der Waals surface area contributed by atoms with Gasteiger partial charge in [0.1, 0.15) is 11.5 Å². The van der Waals surface area contributed by atoms with Gasteiger partial charge in [0, 0.05) is 23.1 Å². The summed E-state index contributed by atoms with van der Waals surface area (Å²) in [4.78, 5) is 6.89. The minimum absolute atomic E-state index is 0.0760. The van der Waals surface area contributed by atoms with Crippen molar-refractivity contribution in [3.63, 3.8) is 0 Å². The van der Waals surface area contributed by atoms with Crippen LogP contribution < -0.4 is 5.32 Å². The third-order valence-corrected chi connectivity index (χ3v) is 5.86. The van der Waals surface area contributed by atoms with Gasteiger partial charge in [-0.05, 0) is 24.3 Å². The molecule has 0 atom stereocenters. The lowest BCUT2D eigenvalue weighted by molar-refractivity contribution is 0.270. The number of nitrogens with zero attached hydrogens (tertiary/aromatic N) is 3. The highest BCUT2D eigenvalue weighted by molar-refractivity contribution is 7.13. The van der Waals surface area contributed by atoms with E-state index in [9.17, 15) is 5.11 Å². The van der Waals surface area contributed by atoms with Crippen molar-refractivity contribution in [2.24, 2.45) is 0 Å². The van der Waals surface area contributed by atoms with Gasteiger partial charge in [-0.3, -0.25) is 0 Å². The van der Waals surface area contributed by atoms with Crippen molar-refractivity contribution in [3.8, 4) is 10.6 Å². The maximum atomic E-state index is 9.25. The number of anilines is 1. The average molecular weight is 346 g/mol.